The lowest BCUT2D eigenvalue weighted by molar-refractivity contribution is -0.0315. The standard InChI is InChI=1S/C18H38O2/c1-3-4-5-6-7-8-9-10-11-12-13-14-15-16-17-20-18-19-2/h3-18H2,1-2H3. The third-order valence-corrected chi connectivity index (χ3v) is 3.84. The van der Waals surface area contributed by atoms with Gasteiger partial charge in [0.1, 0.15) is 6.79 Å². The molecule has 0 N–H and O–H groups in total. The Hall–Kier alpha value is -0.0800. The Morgan fingerprint density at radius 1 is 0.550 bits per heavy atom. The summed E-state index contributed by atoms with van der Waals surface area (Å²) < 4.78 is 10.1. The van der Waals surface area contributed by atoms with Crippen LogP contribution in [0.25, 0.3) is 0 Å². The normalized spacial score (nSPS) is 11.1. The molecule has 20 heavy (non-hydrogen) atoms. The van der Waals surface area contributed by atoms with Gasteiger partial charge in [0.25, 0.3) is 0 Å². The van der Waals surface area contributed by atoms with Crippen LogP contribution >= 0.6 is 0 Å². The predicted molar refractivity (Wildman–Crippen MR) is 88.1 cm³/mol. The molecule has 122 valence electrons. The molecule has 0 aromatic carbocycles. The minimum absolute atomic E-state index is 0.443. The smallest absolute Gasteiger partial charge is 0.146 e. The summed E-state index contributed by atoms with van der Waals surface area (Å²) in [5.41, 5.74) is 0. The Kier molecular flexibility index (Phi) is 18.8. The lowest BCUT2D eigenvalue weighted by atomic mass is 10.0. The molecule has 0 aliphatic rings. The van der Waals surface area contributed by atoms with Crippen LogP contribution < -0.4 is 0 Å². The Balaban J connectivity index is 2.89. The first-order valence-corrected chi connectivity index (χ1v) is 8.98. The van der Waals surface area contributed by atoms with E-state index >= 15 is 0 Å². The average molecular weight is 286 g/mol. The third kappa shape index (κ3) is 17.9. The second kappa shape index (κ2) is 18.9. The monoisotopic (exact) mass is 286 g/mol. The molecule has 0 saturated carbocycles. The van der Waals surface area contributed by atoms with Crippen molar-refractivity contribution in [1.29, 1.82) is 0 Å². The van der Waals surface area contributed by atoms with E-state index in [0.29, 0.717) is 6.79 Å². The van der Waals surface area contributed by atoms with Crippen molar-refractivity contribution in [2.75, 3.05) is 20.5 Å². The molecule has 0 saturated heterocycles. The molecule has 2 heteroatoms. The number of rotatable bonds is 17. The van der Waals surface area contributed by atoms with E-state index in [0.717, 1.165) is 6.61 Å². The number of hydrogen-bond acceptors (Lipinski definition) is 2. The predicted octanol–water partition coefficient (Wildman–Crippen LogP) is 6.09. The number of methoxy groups -OCH3 is 1. The van der Waals surface area contributed by atoms with Crippen molar-refractivity contribution in [2.45, 2.75) is 96.8 Å². The Labute approximate surface area is 127 Å². The topological polar surface area (TPSA) is 18.5 Å². The third-order valence-electron chi connectivity index (χ3n) is 3.84. The van der Waals surface area contributed by atoms with Gasteiger partial charge in [-0.2, -0.15) is 0 Å². The van der Waals surface area contributed by atoms with Crippen molar-refractivity contribution < 1.29 is 9.47 Å². The van der Waals surface area contributed by atoms with E-state index in [1.54, 1.807) is 7.11 Å². The molecular formula is C18H38O2. The Morgan fingerprint density at radius 2 is 0.950 bits per heavy atom. The van der Waals surface area contributed by atoms with Gasteiger partial charge in [0.05, 0.1) is 0 Å². The van der Waals surface area contributed by atoms with Crippen LogP contribution in [0.1, 0.15) is 96.8 Å². The molecule has 0 bridgehead atoms. The summed E-state index contributed by atoms with van der Waals surface area (Å²) in [4.78, 5) is 0. The Bertz CT molecular complexity index is 141. The van der Waals surface area contributed by atoms with Gasteiger partial charge in [0.2, 0.25) is 0 Å². The van der Waals surface area contributed by atoms with Crippen molar-refractivity contribution in [3.8, 4) is 0 Å². The minimum atomic E-state index is 0.443. The lowest BCUT2D eigenvalue weighted by Gasteiger charge is -2.04. The van der Waals surface area contributed by atoms with Gasteiger partial charge >= 0.3 is 0 Å². The quantitative estimate of drug-likeness (QED) is 0.238. The zero-order valence-electron chi connectivity index (χ0n) is 14.1. The van der Waals surface area contributed by atoms with Crippen molar-refractivity contribution in [2.24, 2.45) is 0 Å². The molecule has 0 amide bonds. The summed E-state index contributed by atoms with van der Waals surface area (Å²) in [5, 5.41) is 0. The fourth-order valence-corrected chi connectivity index (χ4v) is 2.54. The minimum Gasteiger partial charge on any atom is -0.359 e. The summed E-state index contributed by atoms with van der Waals surface area (Å²) in [7, 11) is 1.67. The van der Waals surface area contributed by atoms with Crippen LogP contribution in [-0.4, -0.2) is 20.5 Å². The number of unbranched alkanes of at least 4 members (excludes halogenated alkanes) is 13. The molecule has 0 rings (SSSR count). The molecule has 0 heterocycles. The Morgan fingerprint density at radius 3 is 1.35 bits per heavy atom. The summed E-state index contributed by atoms with van der Waals surface area (Å²) in [6, 6.07) is 0. The molecule has 0 fully saturated rings. The highest BCUT2D eigenvalue weighted by atomic mass is 16.7. The SMILES string of the molecule is CCCCCCCCCCCCCCCCOCOC. The van der Waals surface area contributed by atoms with Gasteiger partial charge in [0, 0.05) is 13.7 Å². The fourth-order valence-electron chi connectivity index (χ4n) is 2.54. The average Bonchev–Trinajstić information content (AvgIpc) is 2.47. The highest BCUT2D eigenvalue weighted by molar-refractivity contribution is 4.49. The first kappa shape index (κ1) is 19.9. The summed E-state index contributed by atoms with van der Waals surface area (Å²) >= 11 is 0. The maximum absolute atomic E-state index is 5.27. The van der Waals surface area contributed by atoms with E-state index in [9.17, 15) is 0 Å². The number of ether oxygens (including phenoxy) is 2. The lowest BCUT2D eigenvalue weighted by Crippen LogP contribution is -1.98. The van der Waals surface area contributed by atoms with E-state index < -0.39 is 0 Å². The van der Waals surface area contributed by atoms with Crippen molar-refractivity contribution in [1.82, 2.24) is 0 Å². The van der Waals surface area contributed by atoms with Gasteiger partial charge in [0.15, 0.2) is 0 Å². The van der Waals surface area contributed by atoms with E-state index in [1.165, 1.54) is 89.9 Å². The number of hydrogen-bond donors (Lipinski definition) is 0. The van der Waals surface area contributed by atoms with Crippen LogP contribution in [0.15, 0.2) is 0 Å². The largest absolute Gasteiger partial charge is 0.359 e. The summed E-state index contributed by atoms with van der Waals surface area (Å²) in [6.07, 6.45) is 19.6. The maximum atomic E-state index is 5.27. The highest BCUT2D eigenvalue weighted by Crippen LogP contribution is 2.12. The van der Waals surface area contributed by atoms with Gasteiger partial charge in [-0.1, -0.05) is 90.4 Å². The molecule has 0 aliphatic heterocycles. The fraction of sp³-hybridized carbons (Fsp3) is 1.00. The van der Waals surface area contributed by atoms with Crippen LogP contribution in [0.4, 0.5) is 0 Å². The van der Waals surface area contributed by atoms with Crippen LogP contribution in [0.5, 0.6) is 0 Å². The van der Waals surface area contributed by atoms with Crippen LogP contribution in [0, 0.1) is 0 Å². The molecule has 0 aliphatic carbocycles. The van der Waals surface area contributed by atoms with Crippen LogP contribution in [0.3, 0.4) is 0 Å². The van der Waals surface area contributed by atoms with Gasteiger partial charge in [-0.15, -0.1) is 0 Å². The molecule has 0 spiro atoms. The zero-order chi connectivity index (χ0) is 14.7. The molecule has 0 atom stereocenters. The first-order chi connectivity index (χ1) is 9.91. The van der Waals surface area contributed by atoms with Gasteiger partial charge in [-0.25, -0.2) is 0 Å². The molecule has 0 unspecified atom stereocenters. The second-order valence-electron chi connectivity index (χ2n) is 5.91. The van der Waals surface area contributed by atoms with Gasteiger partial charge in [-0.3, -0.25) is 0 Å². The first-order valence-electron chi connectivity index (χ1n) is 8.98. The highest BCUT2D eigenvalue weighted by Gasteiger charge is 1.94. The van der Waals surface area contributed by atoms with E-state index in [4.69, 9.17) is 9.47 Å². The van der Waals surface area contributed by atoms with Crippen molar-refractivity contribution >= 4 is 0 Å². The van der Waals surface area contributed by atoms with Crippen molar-refractivity contribution in [3.05, 3.63) is 0 Å². The summed E-state index contributed by atoms with van der Waals surface area (Å²) in [6.45, 7) is 3.58. The molecule has 2 nitrogen and oxygen atoms in total. The van der Waals surface area contributed by atoms with Crippen LogP contribution in [-0.2, 0) is 9.47 Å². The van der Waals surface area contributed by atoms with Gasteiger partial charge in [-0.05, 0) is 6.42 Å². The van der Waals surface area contributed by atoms with E-state index in [1.807, 2.05) is 0 Å². The molecular weight excluding hydrogens is 248 g/mol. The summed E-state index contributed by atoms with van der Waals surface area (Å²) in [5.74, 6) is 0. The molecule has 0 radical (unpaired) electrons. The van der Waals surface area contributed by atoms with Crippen molar-refractivity contribution in [3.63, 3.8) is 0 Å². The van der Waals surface area contributed by atoms with Gasteiger partial charge < -0.3 is 9.47 Å². The maximum Gasteiger partial charge on any atom is 0.146 e. The van der Waals surface area contributed by atoms with E-state index in [-0.39, 0.29) is 0 Å². The van der Waals surface area contributed by atoms with E-state index in [2.05, 4.69) is 6.92 Å². The molecule has 0 aromatic rings. The molecule has 0 aromatic heterocycles. The second-order valence-corrected chi connectivity index (χ2v) is 5.91. The zero-order valence-corrected chi connectivity index (χ0v) is 14.1. The van der Waals surface area contributed by atoms with Crippen LogP contribution in [0.2, 0.25) is 0 Å².